The molecule has 0 aromatic rings. The lowest BCUT2D eigenvalue weighted by Crippen LogP contribution is -2.29. The van der Waals surface area contributed by atoms with Gasteiger partial charge >= 0.3 is 0 Å². The van der Waals surface area contributed by atoms with E-state index in [1.807, 2.05) is 0 Å². The molecule has 0 spiro atoms. The van der Waals surface area contributed by atoms with E-state index in [9.17, 15) is 0 Å². The Bertz CT molecular complexity index is 149. The van der Waals surface area contributed by atoms with Crippen LogP contribution in [0.5, 0.6) is 0 Å². The third-order valence-electron chi connectivity index (χ3n) is 2.99. The van der Waals surface area contributed by atoms with E-state index in [1.54, 1.807) is 0 Å². The highest BCUT2D eigenvalue weighted by Gasteiger charge is 2.31. The first-order valence-corrected chi connectivity index (χ1v) is 5.54. The van der Waals surface area contributed by atoms with Crippen LogP contribution in [-0.2, 0) is 0 Å². The van der Waals surface area contributed by atoms with Gasteiger partial charge in [0.05, 0.1) is 0 Å². The SMILES string of the molecule is CC(C)C1(CBr)CC=CCC1. The largest absolute Gasteiger partial charge is 0.0922 e. The molecule has 0 fully saturated rings. The molecule has 0 saturated heterocycles. The molecular weight excluding hydrogens is 200 g/mol. The molecule has 1 heteroatoms. The highest BCUT2D eigenvalue weighted by atomic mass is 79.9. The zero-order valence-electron chi connectivity index (χ0n) is 7.44. The summed E-state index contributed by atoms with van der Waals surface area (Å²) < 4.78 is 0. The monoisotopic (exact) mass is 216 g/mol. The van der Waals surface area contributed by atoms with Crippen molar-refractivity contribution in [3.05, 3.63) is 12.2 Å². The summed E-state index contributed by atoms with van der Waals surface area (Å²) in [7, 11) is 0. The normalized spacial score (nSPS) is 31.3. The van der Waals surface area contributed by atoms with Crippen LogP contribution in [0.25, 0.3) is 0 Å². The van der Waals surface area contributed by atoms with E-state index in [0.29, 0.717) is 5.41 Å². The number of hydrogen-bond donors (Lipinski definition) is 0. The first kappa shape index (κ1) is 9.31. The number of hydrogen-bond acceptors (Lipinski definition) is 0. The van der Waals surface area contributed by atoms with Crippen LogP contribution < -0.4 is 0 Å². The van der Waals surface area contributed by atoms with Crippen molar-refractivity contribution in [2.24, 2.45) is 11.3 Å². The minimum absolute atomic E-state index is 0.550. The summed E-state index contributed by atoms with van der Waals surface area (Å²) in [5.74, 6) is 0.798. The van der Waals surface area contributed by atoms with Crippen molar-refractivity contribution in [3.63, 3.8) is 0 Å². The van der Waals surface area contributed by atoms with E-state index in [-0.39, 0.29) is 0 Å². The Hall–Kier alpha value is 0.220. The molecule has 1 rings (SSSR count). The average molecular weight is 217 g/mol. The number of halogens is 1. The molecule has 1 aliphatic rings. The van der Waals surface area contributed by atoms with Gasteiger partial charge in [0.1, 0.15) is 0 Å². The molecule has 0 aliphatic heterocycles. The Kier molecular flexibility index (Phi) is 3.17. The lowest BCUT2D eigenvalue weighted by Gasteiger charge is -2.37. The molecule has 0 aromatic heterocycles. The van der Waals surface area contributed by atoms with Crippen molar-refractivity contribution < 1.29 is 0 Å². The van der Waals surface area contributed by atoms with Crippen LogP contribution >= 0.6 is 15.9 Å². The lowest BCUT2D eigenvalue weighted by atomic mass is 9.71. The van der Waals surface area contributed by atoms with Crippen molar-refractivity contribution in [2.75, 3.05) is 5.33 Å². The van der Waals surface area contributed by atoms with E-state index in [1.165, 1.54) is 19.3 Å². The maximum absolute atomic E-state index is 3.63. The molecule has 0 bridgehead atoms. The molecule has 0 nitrogen and oxygen atoms in total. The van der Waals surface area contributed by atoms with Crippen LogP contribution in [0.1, 0.15) is 33.1 Å². The van der Waals surface area contributed by atoms with Crippen LogP contribution in [0.2, 0.25) is 0 Å². The topological polar surface area (TPSA) is 0 Å². The van der Waals surface area contributed by atoms with Gasteiger partial charge in [-0.3, -0.25) is 0 Å². The highest BCUT2D eigenvalue weighted by Crippen LogP contribution is 2.41. The molecule has 0 amide bonds. The molecule has 0 saturated carbocycles. The van der Waals surface area contributed by atoms with Gasteiger partial charge < -0.3 is 0 Å². The van der Waals surface area contributed by atoms with Crippen molar-refractivity contribution in [1.82, 2.24) is 0 Å². The summed E-state index contributed by atoms with van der Waals surface area (Å²) >= 11 is 3.63. The standard InChI is InChI=1S/C10H17Br/c1-9(2)10(8-11)6-4-3-5-7-10/h3-4,9H,5-8H2,1-2H3. The Morgan fingerprint density at radius 1 is 1.45 bits per heavy atom. The molecule has 0 aromatic carbocycles. The van der Waals surface area contributed by atoms with Gasteiger partial charge in [0.25, 0.3) is 0 Å². The minimum Gasteiger partial charge on any atom is -0.0922 e. The van der Waals surface area contributed by atoms with Crippen molar-refractivity contribution in [2.45, 2.75) is 33.1 Å². The number of rotatable bonds is 2. The van der Waals surface area contributed by atoms with Gasteiger partial charge in [0.15, 0.2) is 0 Å². The van der Waals surface area contributed by atoms with Crippen LogP contribution in [0, 0.1) is 11.3 Å². The number of allylic oxidation sites excluding steroid dienone is 2. The van der Waals surface area contributed by atoms with Gasteiger partial charge in [-0.15, -0.1) is 0 Å². The molecule has 1 aliphatic carbocycles. The summed E-state index contributed by atoms with van der Waals surface area (Å²) in [6.45, 7) is 4.67. The first-order chi connectivity index (χ1) is 5.21. The summed E-state index contributed by atoms with van der Waals surface area (Å²) in [6.07, 6.45) is 8.53. The predicted octanol–water partition coefficient (Wildman–Crippen LogP) is 3.76. The van der Waals surface area contributed by atoms with E-state index in [4.69, 9.17) is 0 Å². The Morgan fingerprint density at radius 3 is 2.45 bits per heavy atom. The second-order valence-corrected chi connectivity index (χ2v) is 4.43. The summed E-state index contributed by atoms with van der Waals surface area (Å²) in [5, 5.41) is 1.15. The summed E-state index contributed by atoms with van der Waals surface area (Å²) in [5.41, 5.74) is 0.550. The smallest absolute Gasteiger partial charge is 0.00934 e. The second kappa shape index (κ2) is 3.75. The summed E-state index contributed by atoms with van der Waals surface area (Å²) in [4.78, 5) is 0. The molecule has 11 heavy (non-hydrogen) atoms. The quantitative estimate of drug-likeness (QED) is 0.488. The van der Waals surface area contributed by atoms with Gasteiger partial charge in [-0.25, -0.2) is 0 Å². The van der Waals surface area contributed by atoms with Crippen LogP contribution in [0.4, 0.5) is 0 Å². The van der Waals surface area contributed by atoms with E-state index in [2.05, 4.69) is 41.9 Å². The zero-order chi connectivity index (χ0) is 8.32. The Balaban J connectivity index is 2.67. The van der Waals surface area contributed by atoms with Crippen molar-refractivity contribution in [3.8, 4) is 0 Å². The van der Waals surface area contributed by atoms with Gasteiger partial charge in [0.2, 0.25) is 0 Å². The van der Waals surface area contributed by atoms with Crippen LogP contribution in [0.3, 0.4) is 0 Å². The molecule has 0 N–H and O–H groups in total. The second-order valence-electron chi connectivity index (χ2n) is 3.86. The Labute approximate surface area is 78.2 Å². The van der Waals surface area contributed by atoms with Gasteiger partial charge in [0, 0.05) is 5.33 Å². The molecule has 0 heterocycles. The number of alkyl halides is 1. The molecular formula is C10H17Br. The fraction of sp³-hybridized carbons (Fsp3) is 0.800. The maximum Gasteiger partial charge on any atom is 0.00934 e. The third kappa shape index (κ3) is 1.87. The maximum atomic E-state index is 3.63. The van der Waals surface area contributed by atoms with Crippen LogP contribution in [-0.4, -0.2) is 5.33 Å². The van der Waals surface area contributed by atoms with Gasteiger partial charge in [-0.05, 0) is 30.6 Å². The third-order valence-corrected chi connectivity index (χ3v) is 4.11. The minimum atomic E-state index is 0.550. The zero-order valence-corrected chi connectivity index (χ0v) is 9.02. The lowest BCUT2D eigenvalue weighted by molar-refractivity contribution is 0.206. The fourth-order valence-corrected chi connectivity index (χ4v) is 2.87. The molecule has 1 unspecified atom stereocenters. The Morgan fingerprint density at radius 2 is 2.18 bits per heavy atom. The first-order valence-electron chi connectivity index (χ1n) is 4.42. The van der Waals surface area contributed by atoms with E-state index >= 15 is 0 Å². The molecule has 0 radical (unpaired) electrons. The average Bonchev–Trinajstić information content (AvgIpc) is 2.05. The predicted molar refractivity (Wildman–Crippen MR) is 54.1 cm³/mol. The van der Waals surface area contributed by atoms with Gasteiger partial charge in [-0.1, -0.05) is 41.9 Å². The highest BCUT2D eigenvalue weighted by molar-refractivity contribution is 9.09. The van der Waals surface area contributed by atoms with Crippen molar-refractivity contribution in [1.29, 1.82) is 0 Å². The van der Waals surface area contributed by atoms with E-state index in [0.717, 1.165) is 11.2 Å². The molecule has 64 valence electrons. The van der Waals surface area contributed by atoms with Crippen molar-refractivity contribution >= 4 is 15.9 Å². The summed E-state index contributed by atoms with van der Waals surface area (Å²) in [6, 6.07) is 0. The fourth-order valence-electron chi connectivity index (χ4n) is 1.71. The van der Waals surface area contributed by atoms with Gasteiger partial charge in [-0.2, -0.15) is 0 Å². The molecule has 1 atom stereocenters. The van der Waals surface area contributed by atoms with E-state index < -0.39 is 0 Å². The van der Waals surface area contributed by atoms with Crippen LogP contribution in [0.15, 0.2) is 12.2 Å².